The number of hydrogen-bond acceptors (Lipinski definition) is 8. The second-order valence-electron chi connectivity index (χ2n) is 10.4. The van der Waals surface area contributed by atoms with Crippen molar-refractivity contribution in [2.24, 2.45) is 0 Å². The number of benzene rings is 1. The second-order valence-corrected chi connectivity index (χ2v) is 13.8. The first-order valence-corrected chi connectivity index (χ1v) is 15.9. The number of carbonyl (C=O) groups excluding carboxylic acids is 3. The fourth-order valence-corrected chi connectivity index (χ4v) is 8.18. The molecule has 2 saturated heterocycles. The van der Waals surface area contributed by atoms with Gasteiger partial charge in [-0.05, 0) is 24.3 Å². The van der Waals surface area contributed by atoms with Crippen molar-refractivity contribution in [2.75, 3.05) is 53.0 Å². The SMILES string of the molecule is CN1Cc2sc(C(=O)N3CCN(S(=O)(=O)c4cc5cc(Cl)ccc5[nH]4)CC3CC(=O)N3CCOCC3)nc2CC1=O. The van der Waals surface area contributed by atoms with E-state index in [1.807, 2.05) is 0 Å². The van der Waals surface area contributed by atoms with Gasteiger partial charge in [-0.2, -0.15) is 4.31 Å². The van der Waals surface area contributed by atoms with Crippen LogP contribution in [0.1, 0.15) is 26.8 Å². The fourth-order valence-electron chi connectivity index (χ4n) is 5.43. The molecule has 0 saturated carbocycles. The summed E-state index contributed by atoms with van der Waals surface area (Å²) in [6.45, 7) is 2.24. The van der Waals surface area contributed by atoms with E-state index < -0.39 is 16.1 Å². The third-order valence-electron chi connectivity index (χ3n) is 7.74. The number of fused-ring (bicyclic) bond motifs is 2. The lowest BCUT2D eigenvalue weighted by Crippen LogP contribution is -2.58. The summed E-state index contributed by atoms with van der Waals surface area (Å²) in [5.74, 6) is -0.591. The zero-order valence-electron chi connectivity index (χ0n) is 22.3. The van der Waals surface area contributed by atoms with Crippen molar-refractivity contribution >= 4 is 61.6 Å². The summed E-state index contributed by atoms with van der Waals surface area (Å²) in [5.41, 5.74) is 1.24. The number of nitrogens with one attached hydrogen (secondary N) is 1. The minimum atomic E-state index is -3.96. The van der Waals surface area contributed by atoms with Gasteiger partial charge in [-0.25, -0.2) is 13.4 Å². The van der Waals surface area contributed by atoms with Crippen LogP contribution in [0.4, 0.5) is 0 Å². The number of halogens is 1. The number of H-pyrrole nitrogens is 1. The van der Waals surface area contributed by atoms with Crippen LogP contribution in [0.3, 0.4) is 0 Å². The predicted octanol–water partition coefficient (Wildman–Crippen LogP) is 1.56. The summed E-state index contributed by atoms with van der Waals surface area (Å²) < 4.78 is 34.1. The van der Waals surface area contributed by atoms with Gasteiger partial charge in [-0.1, -0.05) is 11.6 Å². The topological polar surface area (TPSA) is 136 Å². The monoisotopic (exact) mass is 620 g/mol. The highest BCUT2D eigenvalue weighted by atomic mass is 35.5. The normalized spacial score (nSPS) is 20.5. The molecule has 218 valence electrons. The maximum atomic E-state index is 13.8. The average Bonchev–Trinajstić information content (AvgIpc) is 3.57. The first-order chi connectivity index (χ1) is 19.6. The first kappa shape index (κ1) is 28.1. The van der Waals surface area contributed by atoms with Gasteiger partial charge in [0.25, 0.3) is 15.9 Å². The van der Waals surface area contributed by atoms with Crippen LogP contribution in [0.15, 0.2) is 29.3 Å². The summed E-state index contributed by atoms with van der Waals surface area (Å²) in [4.78, 5) is 52.3. The average molecular weight is 621 g/mol. The Morgan fingerprint density at radius 1 is 1.17 bits per heavy atom. The second kappa shape index (κ2) is 11.0. The molecule has 0 aliphatic carbocycles. The number of aromatic amines is 1. The van der Waals surface area contributed by atoms with E-state index in [1.54, 1.807) is 46.0 Å². The molecule has 0 radical (unpaired) electrons. The first-order valence-electron chi connectivity index (χ1n) is 13.3. The van der Waals surface area contributed by atoms with Crippen LogP contribution in [-0.2, 0) is 37.3 Å². The van der Waals surface area contributed by atoms with Gasteiger partial charge in [0.15, 0.2) is 5.01 Å². The molecule has 15 heteroatoms. The number of thiazole rings is 1. The number of nitrogens with zero attached hydrogens (tertiary/aromatic N) is 5. The highest BCUT2D eigenvalue weighted by molar-refractivity contribution is 7.89. The van der Waals surface area contributed by atoms with E-state index >= 15 is 0 Å². The highest BCUT2D eigenvalue weighted by Gasteiger charge is 2.40. The van der Waals surface area contributed by atoms with Crippen LogP contribution in [0, 0.1) is 0 Å². The van der Waals surface area contributed by atoms with Crippen LogP contribution < -0.4 is 0 Å². The smallest absolute Gasteiger partial charge is 0.283 e. The number of piperazine rings is 1. The van der Waals surface area contributed by atoms with Gasteiger partial charge in [0, 0.05) is 67.0 Å². The van der Waals surface area contributed by atoms with Gasteiger partial charge >= 0.3 is 0 Å². The van der Waals surface area contributed by atoms with Crippen molar-refractivity contribution in [1.82, 2.24) is 29.0 Å². The maximum Gasteiger partial charge on any atom is 0.283 e. The van der Waals surface area contributed by atoms with E-state index in [4.69, 9.17) is 16.3 Å². The van der Waals surface area contributed by atoms with Gasteiger partial charge in [0.2, 0.25) is 11.8 Å². The number of likely N-dealkylation sites (N-methyl/N-ethyl adjacent to an activating group) is 1. The highest BCUT2D eigenvalue weighted by Crippen LogP contribution is 2.30. The maximum absolute atomic E-state index is 13.8. The largest absolute Gasteiger partial charge is 0.378 e. The molecule has 1 unspecified atom stereocenters. The van der Waals surface area contributed by atoms with Crippen molar-refractivity contribution in [3.63, 3.8) is 0 Å². The van der Waals surface area contributed by atoms with Crippen molar-refractivity contribution in [1.29, 1.82) is 0 Å². The Kier molecular flexibility index (Phi) is 7.53. The van der Waals surface area contributed by atoms with Crippen molar-refractivity contribution in [3.8, 4) is 0 Å². The third-order valence-corrected chi connectivity index (χ3v) is 10.8. The molecule has 41 heavy (non-hydrogen) atoms. The Balaban J connectivity index is 1.27. The molecule has 0 bridgehead atoms. The molecule has 12 nitrogen and oxygen atoms in total. The Morgan fingerprint density at radius 3 is 2.73 bits per heavy atom. The van der Waals surface area contributed by atoms with Crippen LogP contribution in [0.2, 0.25) is 5.02 Å². The molecule has 3 aliphatic heterocycles. The molecule has 3 aliphatic rings. The van der Waals surface area contributed by atoms with E-state index in [0.717, 1.165) is 4.88 Å². The molecule has 2 fully saturated rings. The Bertz CT molecular complexity index is 1630. The van der Waals surface area contributed by atoms with Gasteiger partial charge in [0.1, 0.15) is 5.03 Å². The molecule has 6 rings (SSSR count). The number of hydrogen-bond donors (Lipinski definition) is 1. The number of rotatable bonds is 5. The Morgan fingerprint density at radius 2 is 1.95 bits per heavy atom. The zero-order chi connectivity index (χ0) is 28.9. The molecule has 5 heterocycles. The molecule has 3 amide bonds. The van der Waals surface area contributed by atoms with Gasteiger partial charge < -0.3 is 24.4 Å². The van der Waals surface area contributed by atoms with Crippen molar-refractivity contribution in [2.45, 2.75) is 30.5 Å². The van der Waals surface area contributed by atoms with E-state index in [9.17, 15) is 22.8 Å². The van der Waals surface area contributed by atoms with Gasteiger partial charge in [-0.3, -0.25) is 14.4 Å². The molecular weight excluding hydrogens is 592 g/mol. The number of amides is 3. The fraction of sp³-hybridized carbons (Fsp3) is 0.462. The van der Waals surface area contributed by atoms with Crippen molar-refractivity contribution in [3.05, 3.63) is 44.9 Å². The summed E-state index contributed by atoms with van der Waals surface area (Å²) >= 11 is 7.33. The van der Waals surface area contributed by atoms with E-state index in [1.165, 1.54) is 15.6 Å². The summed E-state index contributed by atoms with van der Waals surface area (Å²) in [6.07, 6.45) is 0.0999. The third kappa shape index (κ3) is 5.46. The molecule has 1 N–H and O–H groups in total. The van der Waals surface area contributed by atoms with Crippen LogP contribution >= 0.6 is 22.9 Å². The standard InChI is InChI=1S/C26H29ClN6O6S2/c1-30-15-21-20(13-23(30)34)29-25(40-21)26(36)33-5-4-32(14-18(33)12-24(35)31-6-8-39-9-7-31)41(37,38)22-11-16-10-17(27)2-3-19(16)28-22/h2-3,10-11,18,28H,4-9,12-15H2,1H3. The molecule has 2 aromatic heterocycles. The number of ether oxygens (including phenoxy) is 1. The number of morpholine rings is 1. The molecule has 0 spiro atoms. The summed E-state index contributed by atoms with van der Waals surface area (Å²) in [5, 5.41) is 1.43. The Labute approximate surface area is 245 Å². The summed E-state index contributed by atoms with van der Waals surface area (Å²) in [6, 6.07) is 5.92. The zero-order valence-corrected chi connectivity index (χ0v) is 24.7. The number of aromatic nitrogens is 2. The number of carbonyl (C=O) groups is 3. The lowest BCUT2D eigenvalue weighted by atomic mass is 10.1. The lowest BCUT2D eigenvalue weighted by Gasteiger charge is -2.41. The minimum Gasteiger partial charge on any atom is -0.378 e. The molecular formula is C26H29ClN6O6S2. The minimum absolute atomic E-state index is 0.0224. The number of sulfonamides is 1. The summed E-state index contributed by atoms with van der Waals surface area (Å²) in [7, 11) is -2.25. The van der Waals surface area contributed by atoms with Crippen LogP contribution in [0.25, 0.3) is 10.9 Å². The lowest BCUT2D eigenvalue weighted by molar-refractivity contribution is -0.136. The van der Waals surface area contributed by atoms with Crippen molar-refractivity contribution < 1.29 is 27.5 Å². The molecule has 3 aromatic rings. The quantitative estimate of drug-likeness (QED) is 0.457. The van der Waals surface area contributed by atoms with E-state index in [0.29, 0.717) is 54.5 Å². The van der Waals surface area contributed by atoms with E-state index in [-0.39, 0.29) is 60.2 Å². The Hall–Kier alpha value is -3.04. The predicted molar refractivity (Wildman–Crippen MR) is 151 cm³/mol. The van der Waals surface area contributed by atoms with Crippen LogP contribution in [0.5, 0.6) is 0 Å². The van der Waals surface area contributed by atoms with Crippen LogP contribution in [-0.4, -0.2) is 114 Å². The molecule has 1 aromatic carbocycles. The van der Waals surface area contributed by atoms with Gasteiger partial charge in [0.05, 0.1) is 37.9 Å². The van der Waals surface area contributed by atoms with E-state index in [2.05, 4.69) is 9.97 Å². The molecule has 1 atom stereocenters. The van der Waals surface area contributed by atoms with Gasteiger partial charge in [-0.15, -0.1) is 11.3 Å².